The van der Waals surface area contributed by atoms with Gasteiger partial charge in [0.15, 0.2) is 0 Å². The first-order valence-corrected chi connectivity index (χ1v) is 11.2. The number of hydrogen-bond acceptors (Lipinski definition) is 4. The largest absolute Gasteiger partial charge is 0.477 e. The van der Waals surface area contributed by atoms with Gasteiger partial charge in [-0.3, -0.25) is 4.90 Å². The van der Waals surface area contributed by atoms with Gasteiger partial charge in [0, 0.05) is 23.0 Å². The fourth-order valence-corrected chi connectivity index (χ4v) is 6.18. The summed E-state index contributed by atoms with van der Waals surface area (Å²) in [5.74, 6) is -0.954. The third kappa shape index (κ3) is 2.22. The van der Waals surface area contributed by atoms with Crippen LogP contribution >= 0.6 is 0 Å². The summed E-state index contributed by atoms with van der Waals surface area (Å²) < 4.78 is 25.6. The minimum absolute atomic E-state index is 0.0629. The van der Waals surface area contributed by atoms with Gasteiger partial charge >= 0.3 is 5.97 Å². The Morgan fingerprint density at radius 2 is 2.14 bits per heavy atom. The van der Waals surface area contributed by atoms with Gasteiger partial charge in [0.05, 0.1) is 16.5 Å². The van der Waals surface area contributed by atoms with E-state index >= 15 is 0 Å². The highest BCUT2D eigenvalue weighted by atomic mass is 32.2. The van der Waals surface area contributed by atoms with E-state index in [1.807, 2.05) is 10.6 Å². The monoisotopic (exact) mass is 401 g/mol. The maximum absolute atomic E-state index is 12.2. The molecule has 5 rings (SSSR count). The summed E-state index contributed by atoms with van der Waals surface area (Å²) in [6.45, 7) is 4.03. The van der Waals surface area contributed by atoms with Gasteiger partial charge in [-0.1, -0.05) is 6.92 Å². The highest BCUT2D eigenvalue weighted by Gasteiger charge is 2.51. The number of benzene rings is 1. The SMILES string of the molecule is CC[C@@]12C=C(C(=O)O)n3c4c(c5cc(S(N)(=O)=O)ccc53)CCN(CCC1)[C@H]42. The number of fused-ring (bicyclic) bond motifs is 3. The van der Waals surface area contributed by atoms with Crippen LogP contribution < -0.4 is 5.14 Å². The molecule has 1 saturated heterocycles. The predicted molar refractivity (Wildman–Crippen MR) is 105 cm³/mol. The Balaban J connectivity index is 1.89. The van der Waals surface area contributed by atoms with Crippen LogP contribution in [-0.4, -0.2) is 42.1 Å². The normalized spacial score (nSPS) is 26.8. The van der Waals surface area contributed by atoms with Crippen molar-refractivity contribution in [3.8, 4) is 0 Å². The first-order chi connectivity index (χ1) is 13.3. The van der Waals surface area contributed by atoms with Crippen LogP contribution in [0.2, 0.25) is 0 Å². The minimum atomic E-state index is -3.83. The predicted octanol–water partition coefficient (Wildman–Crippen LogP) is 2.32. The molecule has 3 aliphatic heterocycles. The summed E-state index contributed by atoms with van der Waals surface area (Å²) in [7, 11) is -3.83. The van der Waals surface area contributed by atoms with E-state index in [9.17, 15) is 18.3 Å². The lowest BCUT2D eigenvalue weighted by molar-refractivity contribution is -0.131. The maximum Gasteiger partial charge on any atom is 0.352 e. The zero-order valence-corrected chi connectivity index (χ0v) is 16.5. The van der Waals surface area contributed by atoms with Crippen molar-refractivity contribution in [3.63, 3.8) is 0 Å². The van der Waals surface area contributed by atoms with E-state index in [2.05, 4.69) is 11.8 Å². The van der Waals surface area contributed by atoms with Crippen molar-refractivity contribution in [3.05, 3.63) is 35.5 Å². The minimum Gasteiger partial charge on any atom is -0.477 e. The van der Waals surface area contributed by atoms with Crippen LogP contribution in [0.15, 0.2) is 29.2 Å². The molecule has 0 unspecified atom stereocenters. The highest BCUT2D eigenvalue weighted by molar-refractivity contribution is 7.89. The van der Waals surface area contributed by atoms with Crippen molar-refractivity contribution in [1.29, 1.82) is 0 Å². The molecule has 0 aliphatic carbocycles. The number of sulfonamides is 1. The molecule has 1 aromatic carbocycles. The Bertz CT molecular complexity index is 1160. The molecule has 0 amide bonds. The number of rotatable bonds is 3. The molecular weight excluding hydrogens is 378 g/mol. The average molecular weight is 401 g/mol. The van der Waals surface area contributed by atoms with E-state index in [1.54, 1.807) is 12.1 Å². The molecule has 0 spiro atoms. The topological polar surface area (TPSA) is 106 Å². The fourth-order valence-electron chi connectivity index (χ4n) is 5.64. The van der Waals surface area contributed by atoms with Crippen molar-refractivity contribution in [1.82, 2.24) is 9.47 Å². The van der Waals surface area contributed by atoms with E-state index in [1.165, 1.54) is 6.07 Å². The summed E-state index contributed by atoms with van der Waals surface area (Å²) in [6.07, 6.45) is 5.62. The van der Waals surface area contributed by atoms with Crippen molar-refractivity contribution < 1.29 is 18.3 Å². The second-order valence-electron chi connectivity index (χ2n) is 8.14. The highest BCUT2D eigenvalue weighted by Crippen LogP contribution is 2.57. The Hall–Kier alpha value is -2.16. The van der Waals surface area contributed by atoms with Crippen LogP contribution in [0.3, 0.4) is 0 Å². The van der Waals surface area contributed by atoms with Gasteiger partial charge in [0.25, 0.3) is 0 Å². The van der Waals surface area contributed by atoms with Crippen LogP contribution in [0, 0.1) is 5.41 Å². The lowest BCUT2D eigenvalue weighted by Gasteiger charge is -2.53. The Labute approximate surface area is 163 Å². The first-order valence-electron chi connectivity index (χ1n) is 9.67. The number of aromatic nitrogens is 1. The third-order valence-corrected chi connectivity index (χ3v) is 7.77. The fraction of sp³-hybridized carbons (Fsp3) is 0.450. The van der Waals surface area contributed by atoms with E-state index in [0.717, 1.165) is 60.9 Å². The van der Waals surface area contributed by atoms with E-state index < -0.39 is 16.0 Å². The van der Waals surface area contributed by atoms with Gasteiger partial charge in [0.2, 0.25) is 10.0 Å². The lowest BCUT2D eigenvalue weighted by atomic mass is 9.66. The smallest absolute Gasteiger partial charge is 0.352 e. The molecule has 0 bridgehead atoms. The molecule has 1 aromatic heterocycles. The molecule has 28 heavy (non-hydrogen) atoms. The molecule has 3 aliphatic rings. The number of nitrogens with two attached hydrogens (primary N) is 1. The second-order valence-corrected chi connectivity index (χ2v) is 9.70. The van der Waals surface area contributed by atoms with E-state index in [-0.39, 0.29) is 22.0 Å². The molecule has 2 aromatic rings. The Kier molecular flexibility index (Phi) is 3.63. The summed E-state index contributed by atoms with van der Waals surface area (Å²) in [5.41, 5.74) is 2.90. The second kappa shape index (κ2) is 5.68. The zero-order valence-electron chi connectivity index (χ0n) is 15.7. The molecule has 7 nitrogen and oxygen atoms in total. The van der Waals surface area contributed by atoms with Gasteiger partial charge in [-0.2, -0.15) is 0 Å². The average Bonchev–Trinajstić information content (AvgIpc) is 3.00. The van der Waals surface area contributed by atoms with Crippen LogP contribution in [0.1, 0.15) is 43.5 Å². The molecule has 1 fully saturated rings. The van der Waals surface area contributed by atoms with Gasteiger partial charge in [0.1, 0.15) is 5.70 Å². The maximum atomic E-state index is 12.2. The summed E-state index contributed by atoms with van der Waals surface area (Å²) in [6, 6.07) is 4.89. The van der Waals surface area contributed by atoms with Crippen molar-refractivity contribution >= 4 is 32.6 Å². The number of hydrogen-bond donors (Lipinski definition) is 2. The molecule has 148 valence electrons. The van der Waals surface area contributed by atoms with Crippen molar-refractivity contribution in [2.45, 2.75) is 43.5 Å². The van der Waals surface area contributed by atoms with Crippen molar-refractivity contribution in [2.75, 3.05) is 13.1 Å². The first kappa shape index (κ1) is 17.9. The Morgan fingerprint density at radius 3 is 2.82 bits per heavy atom. The number of primary sulfonamides is 1. The van der Waals surface area contributed by atoms with Gasteiger partial charge in [-0.15, -0.1) is 0 Å². The summed E-state index contributed by atoms with van der Waals surface area (Å²) in [4.78, 5) is 14.7. The van der Waals surface area contributed by atoms with Gasteiger partial charge in [-0.25, -0.2) is 18.4 Å². The number of piperidine rings is 1. The van der Waals surface area contributed by atoms with E-state index in [4.69, 9.17) is 5.14 Å². The van der Waals surface area contributed by atoms with Crippen LogP contribution in [0.4, 0.5) is 0 Å². The van der Waals surface area contributed by atoms with Crippen LogP contribution in [0.5, 0.6) is 0 Å². The Morgan fingerprint density at radius 1 is 1.36 bits per heavy atom. The third-order valence-electron chi connectivity index (χ3n) is 6.86. The standard InChI is InChI=1S/C20H23N3O4S/c1-2-20-7-3-8-22-9-6-13-14-10-12(28(21,26)27)4-5-15(14)23(17(13)18(20)22)16(11-20)19(24)25/h4-5,10-11,18H,2-3,6-9H2,1H3,(H,24,25)(H2,21,26,27)/t18-,20+/m1/s1. The lowest BCUT2D eigenvalue weighted by Crippen LogP contribution is -2.51. The quantitative estimate of drug-likeness (QED) is 0.821. The number of aliphatic carboxylic acids is 1. The van der Waals surface area contributed by atoms with Gasteiger partial charge < -0.3 is 9.67 Å². The summed E-state index contributed by atoms with van der Waals surface area (Å²) >= 11 is 0. The summed E-state index contributed by atoms with van der Waals surface area (Å²) in [5, 5.41) is 16.1. The molecule has 3 N–H and O–H groups in total. The zero-order chi connectivity index (χ0) is 19.8. The number of carboxylic acids is 1. The number of carboxylic acid groups (broad SMARTS) is 1. The van der Waals surface area contributed by atoms with Crippen molar-refractivity contribution in [2.24, 2.45) is 10.6 Å². The molecule has 8 heteroatoms. The molecule has 0 radical (unpaired) electrons. The van der Waals surface area contributed by atoms with Crippen LogP contribution in [-0.2, 0) is 21.2 Å². The molecule has 4 heterocycles. The van der Waals surface area contributed by atoms with Crippen LogP contribution in [0.25, 0.3) is 16.6 Å². The molecule has 0 saturated carbocycles. The van der Waals surface area contributed by atoms with Gasteiger partial charge in [-0.05, 0) is 62.1 Å². The number of nitrogens with zero attached hydrogens (tertiary/aromatic N) is 2. The molecule has 2 atom stereocenters. The number of carbonyl (C=O) groups is 1. The molecular formula is C20H23N3O4S. The van der Waals surface area contributed by atoms with E-state index in [0.29, 0.717) is 0 Å².